The number of furan rings is 1. The number of nitriles is 1. The summed E-state index contributed by atoms with van der Waals surface area (Å²) in [6, 6.07) is 5.29. The van der Waals surface area contributed by atoms with E-state index in [4.69, 9.17) is 14.4 Å². The molecule has 1 aliphatic rings. The largest absolute Gasteiger partial charge is 0.465 e. The third-order valence-electron chi connectivity index (χ3n) is 4.78. The lowest BCUT2D eigenvalue weighted by Crippen LogP contribution is -2.68. The highest BCUT2D eigenvalue weighted by Gasteiger charge is 2.58. The highest BCUT2D eigenvalue weighted by atomic mass is 16.5. The summed E-state index contributed by atoms with van der Waals surface area (Å²) in [4.78, 5) is 12.2. The van der Waals surface area contributed by atoms with Gasteiger partial charge in [-0.2, -0.15) is 5.26 Å². The van der Waals surface area contributed by atoms with E-state index in [0.29, 0.717) is 5.76 Å². The molecule has 1 fully saturated rings. The van der Waals surface area contributed by atoms with Crippen molar-refractivity contribution in [1.29, 1.82) is 5.26 Å². The highest BCUT2D eigenvalue weighted by Crippen LogP contribution is 2.51. The number of nitrogens with zero attached hydrogens (tertiary/aromatic N) is 1. The standard InChI is InChI=1S/C16H20N2O3/c1-15(2)13(9-16(15,3)20-4)18-14(19)11(10-17)8-12-6-5-7-21-12/h5-8,13H,9H2,1-4H3,(H,18,19)/b11-8-/t13-,16+/m1/s1. The molecular weight excluding hydrogens is 268 g/mol. The van der Waals surface area contributed by atoms with Gasteiger partial charge in [-0.05, 0) is 25.5 Å². The molecule has 1 amide bonds. The summed E-state index contributed by atoms with van der Waals surface area (Å²) in [6.07, 6.45) is 3.66. The van der Waals surface area contributed by atoms with E-state index in [1.807, 2.05) is 26.8 Å². The van der Waals surface area contributed by atoms with Gasteiger partial charge in [-0.1, -0.05) is 13.8 Å². The number of rotatable bonds is 4. The van der Waals surface area contributed by atoms with Gasteiger partial charge in [0.2, 0.25) is 0 Å². The Morgan fingerprint density at radius 2 is 2.29 bits per heavy atom. The van der Waals surface area contributed by atoms with Crippen LogP contribution in [-0.4, -0.2) is 24.7 Å². The van der Waals surface area contributed by atoms with Gasteiger partial charge >= 0.3 is 0 Å². The van der Waals surface area contributed by atoms with Crippen molar-refractivity contribution in [3.05, 3.63) is 29.7 Å². The van der Waals surface area contributed by atoms with Crippen LogP contribution in [0.3, 0.4) is 0 Å². The van der Waals surface area contributed by atoms with Crippen molar-refractivity contribution in [2.75, 3.05) is 7.11 Å². The first-order valence-corrected chi connectivity index (χ1v) is 6.85. The molecular formula is C16H20N2O3. The van der Waals surface area contributed by atoms with Crippen LogP contribution in [0.1, 0.15) is 33.0 Å². The van der Waals surface area contributed by atoms with E-state index in [9.17, 15) is 4.79 Å². The number of methoxy groups -OCH3 is 1. The Bertz CT molecular complexity index is 596. The Kier molecular flexibility index (Phi) is 3.93. The number of nitrogens with one attached hydrogen (secondary N) is 1. The molecule has 0 saturated heterocycles. The number of hydrogen-bond donors (Lipinski definition) is 1. The predicted octanol–water partition coefficient (Wildman–Crippen LogP) is 2.51. The molecule has 0 radical (unpaired) electrons. The maximum atomic E-state index is 12.2. The second-order valence-electron chi connectivity index (χ2n) is 6.07. The lowest BCUT2D eigenvalue weighted by atomic mass is 9.56. The molecule has 1 aromatic rings. The van der Waals surface area contributed by atoms with Crippen LogP contribution in [0.5, 0.6) is 0 Å². The van der Waals surface area contributed by atoms with Crippen molar-refractivity contribution in [2.45, 2.75) is 38.8 Å². The molecule has 0 aromatic carbocycles. The van der Waals surface area contributed by atoms with Crippen LogP contribution in [-0.2, 0) is 9.53 Å². The number of hydrogen-bond acceptors (Lipinski definition) is 4. The topological polar surface area (TPSA) is 75.3 Å². The molecule has 5 nitrogen and oxygen atoms in total. The van der Waals surface area contributed by atoms with Crippen LogP contribution in [0, 0.1) is 16.7 Å². The number of carbonyl (C=O) groups is 1. The number of ether oxygens (including phenoxy) is 1. The molecule has 2 atom stereocenters. The summed E-state index contributed by atoms with van der Waals surface area (Å²) in [5.74, 6) is 0.0985. The first-order valence-electron chi connectivity index (χ1n) is 6.85. The first kappa shape index (κ1) is 15.3. The molecule has 21 heavy (non-hydrogen) atoms. The molecule has 1 aliphatic carbocycles. The normalized spacial score (nSPS) is 27.6. The maximum absolute atomic E-state index is 12.2. The molecule has 1 saturated carbocycles. The Hall–Kier alpha value is -2.06. The number of carbonyl (C=O) groups excluding carboxylic acids is 1. The molecule has 0 bridgehead atoms. The molecule has 1 aromatic heterocycles. The molecule has 0 aliphatic heterocycles. The minimum absolute atomic E-state index is 0.0247. The summed E-state index contributed by atoms with van der Waals surface area (Å²) in [7, 11) is 1.68. The van der Waals surface area contributed by atoms with E-state index >= 15 is 0 Å². The van der Waals surface area contributed by atoms with E-state index < -0.39 is 0 Å². The van der Waals surface area contributed by atoms with Gasteiger partial charge in [0, 0.05) is 24.6 Å². The van der Waals surface area contributed by atoms with E-state index in [2.05, 4.69) is 5.32 Å². The Balaban J connectivity index is 2.07. The lowest BCUT2D eigenvalue weighted by Gasteiger charge is -2.59. The monoisotopic (exact) mass is 288 g/mol. The van der Waals surface area contributed by atoms with Gasteiger partial charge in [-0.25, -0.2) is 0 Å². The fourth-order valence-electron chi connectivity index (χ4n) is 2.62. The van der Waals surface area contributed by atoms with Gasteiger partial charge in [-0.3, -0.25) is 4.79 Å². The molecule has 1 N–H and O–H groups in total. The Labute approximate surface area is 124 Å². The third-order valence-corrected chi connectivity index (χ3v) is 4.78. The average molecular weight is 288 g/mol. The zero-order chi connectivity index (χ0) is 15.7. The Morgan fingerprint density at radius 1 is 1.57 bits per heavy atom. The first-order chi connectivity index (χ1) is 9.84. The molecule has 0 spiro atoms. The average Bonchev–Trinajstić information content (AvgIpc) is 2.96. The Morgan fingerprint density at radius 3 is 2.76 bits per heavy atom. The van der Waals surface area contributed by atoms with Gasteiger partial charge in [0.1, 0.15) is 17.4 Å². The molecule has 0 unspecified atom stereocenters. The van der Waals surface area contributed by atoms with E-state index in [0.717, 1.165) is 6.42 Å². The fraction of sp³-hybridized carbons (Fsp3) is 0.500. The lowest BCUT2D eigenvalue weighted by molar-refractivity contribution is -0.181. The minimum Gasteiger partial charge on any atom is -0.465 e. The summed E-state index contributed by atoms with van der Waals surface area (Å²) >= 11 is 0. The molecule has 1 heterocycles. The smallest absolute Gasteiger partial charge is 0.262 e. The molecule has 2 rings (SSSR count). The van der Waals surface area contributed by atoms with Crippen LogP contribution in [0.25, 0.3) is 6.08 Å². The van der Waals surface area contributed by atoms with Crippen molar-refractivity contribution in [3.63, 3.8) is 0 Å². The van der Waals surface area contributed by atoms with Crippen molar-refractivity contribution >= 4 is 12.0 Å². The van der Waals surface area contributed by atoms with Gasteiger partial charge in [-0.15, -0.1) is 0 Å². The zero-order valence-corrected chi connectivity index (χ0v) is 12.8. The van der Waals surface area contributed by atoms with Crippen LogP contribution < -0.4 is 5.32 Å². The van der Waals surface area contributed by atoms with Crippen LogP contribution in [0.2, 0.25) is 0 Å². The summed E-state index contributed by atoms with van der Waals surface area (Å²) in [5, 5.41) is 12.0. The molecule has 112 valence electrons. The van der Waals surface area contributed by atoms with Crippen molar-refractivity contribution < 1.29 is 13.9 Å². The van der Waals surface area contributed by atoms with E-state index in [1.165, 1.54) is 12.3 Å². The summed E-state index contributed by atoms with van der Waals surface area (Å²) < 4.78 is 10.7. The van der Waals surface area contributed by atoms with Gasteiger partial charge < -0.3 is 14.5 Å². The second-order valence-corrected chi connectivity index (χ2v) is 6.07. The SMILES string of the molecule is CO[C@@]1(C)C[C@@H](NC(=O)/C(C#N)=C\c2ccco2)C1(C)C. The van der Waals surface area contributed by atoms with Crippen LogP contribution >= 0.6 is 0 Å². The van der Waals surface area contributed by atoms with Crippen LogP contribution in [0.4, 0.5) is 0 Å². The van der Waals surface area contributed by atoms with E-state index in [1.54, 1.807) is 19.2 Å². The van der Waals surface area contributed by atoms with Gasteiger partial charge in [0.15, 0.2) is 0 Å². The highest BCUT2D eigenvalue weighted by molar-refractivity contribution is 6.01. The predicted molar refractivity (Wildman–Crippen MR) is 78.0 cm³/mol. The zero-order valence-electron chi connectivity index (χ0n) is 12.8. The number of amides is 1. The maximum Gasteiger partial charge on any atom is 0.262 e. The second kappa shape index (κ2) is 5.38. The van der Waals surface area contributed by atoms with Gasteiger partial charge in [0.25, 0.3) is 5.91 Å². The van der Waals surface area contributed by atoms with Crippen molar-refractivity contribution in [1.82, 2.24) is 5.32 Å². The van der Waals surface area contributed by atoms with Crippen LogP contribution in [0.15, 0.2) is 28.4 Å². The third kappa shape index (κ3) is 2.59. The summed E-state index contributed by atoms with van der Waals surface area (Å²) in [5.41, 5.74) is -0.419. The van der Waals surface area contributed by atoms with Crippen molar-refractivity contribution in [2.24, 2.45) is 5.41 Å². The molecule has 5 heteroatoms. The fourth-order valence-corrected chi connectivity index (χ4v) is 2.62. The van der Waals surface area contributed by atoms with E-state index in [-0.39, 0.29) is 28.5 Å². The van der Waals surface area contributed by atoms with Crippen molar-refractivity contribution in [3.8, 4) is 6.07 Å². The quantitative estimate of drug-likeness (QED) is 0.682. The minimum atomic E-state index is -0.384. The van der Waals surface area contributed by atoms with Gasteiger partial charge in [0.05, 0.1) is 11.9 Å². The summed E-state index contributed by atoms with van der Waals surface area (Å²) in [6.45, 7) is 6.13.